The number of amides is 1. The van der Waals surface area contributed by atoms with Gasteiger partial charge in [-0.25, -0.2) is 4.98 Å². The van der Waals surface area contributed by atoms with Crippen molar-refractivity contribution in [2.24, 2.45) is 0 Å². The van der Waals surface area contributed by atoms with Crippen LogP contribution in [0.2, 0.25) is 0 Å². The summed E-state index contributed by atoms with van der Waals surface area (Å²) in [6.45, 7) is 3.98. The Labute approximate surface area is 173 Å². The van der Waals surface area contributed by atoms with Crippen molar-refractivity contribution >= 4 is 22.9 Å². The Morgan fingerprint density at radius 3 is 2.31 bits per heavy atom. The van der Waals surface area contributed by atoms with Crippen LogP contribution in [-0.2, 0) is 0 Å². The van der Waals surface area contributed by atoms with Gasteiger partial charge in [0.2, 0.25) is 0 Å². The molecular weight excluding hydrogens is 380 g/mol. The van der Waals surface area contributed by atoms with Crippen LogP contribution in [0.1, 0.15) is 20.9 Å². The second kappa shape index (κ2) is 8.29. The Morgan fingerprint density at radius 1 is 0.931 bits per heavy atom. The van der Waals surface area contributed by atoms with E-state index < -0.39 is 0 Å². The smallest absolute Gasteiger partial charge is 0.255 e. The third kappa shape index (κ3) is 4.52. The number of nitrogens with one attached hydrogen (secondary N) is 1. The summed E-state index contributed by atoms with van der Waals surface area (Å²) in [5.74, 6) is 1.39. The van der Waals surface area contributed by atoms with E-state index in [1.165, 1.54) is 0 Å². The lowest BCUT2D eigenvalue weighted by Gasteiger charge is -2.10. The van der Waals surface area contributed by atoms with Crippen LogP contribution >= 0.6 is 11.3 Å². The fourth-order valence-corrected chi connectivity index (χ4v) is 3.52. The van der Waals surface area contributed by atoms with Crippen molar-refractivity contribution in [3.8, 4) is 22.8 Å². The molecule has 1 aromatic heterocycles. The molecule has 0 aliphatic carbocycles. The van der Waals surface area contributed by atoms with Crippen LogP contribution in [-0.4, -0.2) is 10.9 Å². The number of hydrogen-bond acceptors (Lipinski definition) is 4. The second-order valence-corrected chi connectivity index (χ2v) is 7.74. The van der Waals surface area contributed by atoms with Gasteiger partial charge in [-0.15, -0.1) is 11.3 Å². The van der Waals surface area contributed by atoms with Gasteiger partial charge in [-0.1, -0.05) is 30.3 Å². The zero-order chi connectivity index (χ0) is 20.2. The minimum Gasteiger partial charge on any atom is -0.457 e. The maximum atomic E-state index is 12.5. The topological polar surface area (TPSA) is 51.2 Å². The van der Waals surface area contributed by atoms with Crippen molar-refractivity contribution in [2.45, 2.75) is 13.8 Å². The molecular formula is C24H20N2O2S. The number of aryl methyl sites for hydroxylation is 2. The number of carbonyl (C=O) groups is 1. The van der Waals surface area contributed by atoms with Crippen molar-refractivity contribution in [2.75, 3.05) is 5.32 Å². The van der Waals surface area contributed by atoms with Crippen molar-refractivity contribution in [3.05, 3.63) is 94.3 Å². The zero-order valence-corrected chi connectivity index (χ0v) is 17.0. The Hall–Kier alpha value is -3.44. The van der Waals surface area contributed by atoms with Crippen molar-refractivity contribution in [3.63, 3.8) is 0 Å². The molecule has 4 aromatic rings. The van der Waals surface area contributed by atoms with E-state index in [4.69, 9.17) is 4.74 Å². The molecule has 0 fully saturated rings. The van der Waals surface area contributed by atoms with Gasteiger partial charge in [-0.3, -0.25) is 4.79 Å². The average Bonchev–Trinajstić information content (AvgIpc) is 3.17. The van der Waals surface area contributed by atoms with Crippen LogP contribution in [0, 0.1) is 13.8 Å². The van der Waals surface area contributed by atoms with E-state index in [0.717, 1.165) is 33.3 Å². The summed E-state index contributed by atoms with van der Waals surface area (Å²) >= 11 is 1.61. The average molecular weight is 401 g/mol. The van der Waals surface area contributed by atoms with E-state index in [0.29, 0.717) is 11.3 Å². The molecule has 3 aromatic carbocycles. The Morgan fingerprint density at radius 2 is 1.66 bits per heavy atom. The number of thiazole rings is 1. The van der Waals surface area contributed by atoms with Gasteiger partial charge in [-0.2, -0.15) is 0 Å². The predicted molar refractivity (Wildman–Crippen MR) is 118 cm³/mol. The fraction of sp³-hybridized carbons (Fsp3) is 0.0833. The Bertz CT molecular complexity index is 1130. The molecule has 0 spiro atoms. The molecule has 1 amide bonds. The van der Waals surface area contributed by atoms with Crippen LogP contribution in [0.4, 0.5) is 5.69 Å². The molecule has 1 N–H and O–H groups in total. The molecule has 5 heteroatoms. The molecule has 0 aliphatic rings. The number of rotatable bonds is 5. The van der Waals surface area contributed by atoms with Gasteiger partial charge in [-0.05, 0) is 61.9 Å². The first kappa shape index (κ1) is 18.9. The first-order valence-corrected chi connectivity index (χ1v) is 10.1. The maximum absolute atomic E-state index is 12.5. The van der Waals surface area contributed by atoms with Crippen LogP contribution in [0.25, 0.3) is 11.3 Å². The monoisotopic (exact) mass is 400 g/mol. The maximum Gasteiger partial charge on any atom is 0.255 e. The lowest BCUT2D eigenvalue weighted by atomic mass is 10.1. The van der Waals surface area contributed by atoms with Gasteiger partial charge >= 0.3 is 0 Å². The largest absolute Gasteiger partial charge is 0.457 e. The highest BCUT2D eigenvalue weighted by atomic mass is 32.1. The number of benzene rings is 3. The number of para-hydroxylation sites is 1. The highest BCUT2D eigenvalue weighted by Crippen LogP contribution is 2.26. The van der Waals surface area contributed by atoms with Gasteiger partial charge < -0.3 is 10.1 Å². The predicted octanol–water partition coefficient (Wildman–Crippen LogP) is 6.47. The van der Waals surface area contributed by atoms with E-state index in [-0.39, 0.29) is 5.91 Å². The first-order valence-electron chi connectivity index (χ1n) is 9.26. The number of ether oxygens (including phenoxy) is 1. The summed E-state index contributed by atoms with van der Waals surface area (Å²) in [6.07, 6.45) is 0. The number of aromatic nitrogens is 1. The summed E-state index contributed by atoms with van der Waals surface area (Å²) in [7, 11) is 0. The molecule has 0 saturated heterocycles. The highest BCUT2D eigenvalue weighted by Gasteiger charge is 2.08. The van der Waals surface area contributed by atoms with Gasteiger partial charge in [0.1, 0.15) is 11.5 Å². The number of anilines is 1. The van der Waals surface area contributed by atoms with Gasteiger partial charge in [0, 0.05) is 22.2 Å². The van der Waals surface area contributed by atoms with Gasteiger partial charge in [0.25, 0.3) is 5.91 Å². The third-order valence-corrected chi connectivity index (χ3v) is 5.27. The number of nitrogens with zero attached hydrogens (tertiary/aromatic N) is 1. The molecule has 144 valence electrons. The van der Waals surface area contributed by atoms with Crippen LogP contribution in [0.15, 0.2) is 78.2 Å². The summed E-state index contributed by atoms with van der Waals surface area (Å²) in [5.41, 5.74) is 4.32. The molecule has 0 unspecified atom stereocenters. The molecule has 1 heterocycles. The van der Waals surface area contributed by atoms with E-state index in [9.17, 15) is 4.79 Å². The molecule has 29 heavy (non-hydrogen) atoms. The van der Waals surface area contributed by atoms with Crippen LogP contribution in [0.3, 0.4) is 0 Å². The zero-order valence-electron chi connectivity index (χ0n) is 16.2. The van der Waals surface area contributed by atoms with Crippen molar-refractivity contribution in [1.82, 2.24) is 4.98 Å². The Balaban J connectivity index is 1.41. The molecule has 0 atom stereocenters. The van der Waals surface area contributed by atoms with Crippen molar-refractivity contribution < 1.29 is 9.53 Å². The minimum absolute atomic E-state index is 0.154. The number of hydrogen-bond donors (Lipinski definition) is 1. The van der Waals surface area contributed by atoms with Crippen LogP contribution in [0.5, 0.6) is 11.5 Å². The summed E-state index contributed by atoms with van der Waals surface area (Å²) in [5, 5.41) is 5.96. The summed E-state index contributed by atoms with van der Waals surface area (Å²) < 4.78 is 5.89. The van der Waals surface area contributed by atoms with Crippen molar-refractivity contribution in [1.29, 1.82) is 0 Å². The summed E-state index contributed by atoms with van der Waals surface area (Å²) in [4.78, 5) is 17.0. The summed E-state index contributed by atoms with van der Waals surface area (Å²) in [6, 6.07) is 22.7. The molecule has 0 radical (unpaired) electrons. The minimum atomic E-state index is -0.154. The normalized spacial score (nSPS) is 10.6. The highest BCUT2D eigenvalue weighted by molar-refractivity contribution is 7.09. The van der Waals surface area contributed by atoms with E-state index in [2.05, 4.69) is 10.3 Å². The second-order valence-electron chi connectivity index (χ2n) is 6.68. The molecule has 0 aliphatic heterocycles. The fourth-order valence-electron chi connectivity index (χ4n) is 2.90. The lowest BCUT2D eigenvalue weighted by molar-refractivity contribution is 0.102. The Kier molecular flexibility index (Phi) is 5.40. The standard InChI is InChI=1S/C24H20N2O2S/c1-16-5-3-4-6-23(16)28-21-13-11-20(12-14-21)26-24(27)19-9-7-18(8-10-19)22-15-29-17(2)25-22/h3-15H,1-2H3,(H,26,27). The third-order valence-electron chi connectivity index (χ3n) is 4.50. The molecule has 0 bridgehead atoms. The van der Waals surface area contributed by atoms with Gasteiger partial charge in [0.05, 0.1) is 10.7 Å². The lowest BCUT2D eigenvalue weighted by Crippen LogP contribution is -2.11. The molecule has 4 rings (SSSR count). The number of carbonyl (C=O) groups excluding carboxylic acids is 1. The SMILES string of the molecule is Cc1nc(-c2ccc(C(=O)Nc3ccc(Oc4ccccc4C)cc3)cc2)cs1. The van der Waals surface area contributed by atoms with E-state index in [1.807, 2.05) is 92.0 Å². The quantitative estimate of drug-likeness (QED) is 0.417. The van der Waals surface area contributed by atoms with E-state index >= 15 is 0 Å². The first-order chi connectivity index (χ1) is 14.1. The molecule has 4 nitrogen and oxygen atoms in total. The van der Waals surface area contributed by atoms with E-state index in [1.54, 1.807) is 11.3 Å². The van der Waals surface area contributed by atoms with Crippen LogP contribution < -0.4 is 10.1 Å². The molecule has 0 saturated carbocycles. The van der Waals surface area contributed by atoms with Gasteiger partial charge in [0.15, 0.2) is 0 Å².